The number of carbonyl (C=O) groups excluding carboxylic acids is 1. The summed E-state index contributed by atoms with van der Waals surface area (Å²) in [7, 11) is 0. The molecule has 2 unspecified atom stereocenters. The van der Waals surface area contributed by atoms with E-state index in [0.717, 1.165) is 51.4 Å². The number of esters is 1. The largest absolute Gasteiger partial charge is 0.511 e. The van der Waals surface area contributed by atoms with Gasteiger partial charge in [-0.05, 0) is 56.4 Å². The van der Waals surface area contributed by atoms with Gasteiger partial charge in [-0.2, -0.15) is 0 Å². The number of cyclic esters (lactones) is 1. The molecule has 1 N–H and O–H groups in total. The second kappa shape index (κ2) is 10.2. The molecule has 2 fully saturated rings. The van der Waals surface area contributed by atoms with Crippen molar-refractivity contribution < 1.29 is 19.4 Å². The second-order valence-electron chi connectivity index (χ2n) is 9.85. The highest BCUT2D eigenvalue weighted by Crippen LogP contribution is 2.42. The van der Waals surface area contributed by atoms with Crippen molar-refractivity contribution in [2.24, 2.45) is 5.92 Å². The van der Waals surface area contributed by atoms with E-state index in [1.54, 1.807) is 0 Å². The smallest absolute Gasteiger partial charge is 0.340 e. The summed E-state index contributed by atoms with van der Waals surface area (Å²) in [6.45, 7) is 2.11. The van der Waals surface area contributed by atoms with Crippen molar-refractivity contribution in [2.75, 3.05) is 0 Å². The van der Waals surface area contributed by atoms with Gasteiger partial charge in [0.25, 0.3) is 0 Å². The van der Waals surface area contributed by atoms with Crippen LogP contribution in [0.4, 0.5) is 0 Å². The minimum Gasteiger partial charge on any atom is -0.511 e. The van der Waals surface area contributed by atoms with Crippen molar-refractivity contribution in [1.82, 2.24) is 0 Å². The Morgan fingerprint density at radius 3 is 2.39 bits per heavy atom. The molecular weight excluding hydrogens is 388 g/mol. The SMILES string of the molecule is CCCC1(CCc2ccccc2)CC(O)=C(C(OC2CCCC2)C2CCCC2)C(=O)O1. The molecule has 1 heterocycles. The highest BCUT2D eigenvalue weighted by Gasteiger charge is 2.46. The molecule has 4 heteroatoms. The molecule has 0 radical (unpaired) electrons. The molecule has 31 heavy (non-hydrogen) atoms. The van der Waals surface area contributed by atoms with Crippen LogP contribution in [0.15, 0.2) is 41.7 Å². The third-order valence-electron chi connectivity index (χ3n) is 7.50. The molecule has 0 saturated heterocycles. The lowest BCUT2D eigenvalue weighted by atomic mass is 9.81. The number of rotatable bonds is 9. The van der Waals surface area contributed by atoms with Gasteiger partial charge >= 0.3 is 5.97 Å². The Balaban J connectivity index is 1.55. The summed E-state index contributed by atoms with van der Waals surface area (Å²) in [4.78, 5) is 13.4. The minimum absolute atomic E-state index is 0.208. The average Bonchev–Trinajstić information content (AvgIpc) is 3.46. The van der Waals surface area contributed by atoms with E-state index in [9.17, 15) is 9.90 Å². The predicted molar refractivity (Wildman–Crippen MR) is 122 cm³/mol. The Kier molecular flexibility index (Phi) is 7.37. The predicted octanol–water partition coefficient (Wildman–Crippen LogP) is 6.44. The maximum absolute atomic E-state index is 13.4. The van der Waals surface area contributed by atoms with Crippen molar-refractivity contribution in [3.63, 3.8) is 0 Å². The lowest BCUT2D eigenvalue weighted by molar-refractivity contribution is -0.164. The van der Waals surface area contributed by atoms with Crippen molar-refractivity contribution in [2.45, 2.75) is 108 Å². The number of benzene rings is 1. The van der Waals surface area contributed by atoms with E-state index in [1.807, 2.05) is 18.2 Å². The summed E-state index contributed by atoms with van der Waals surface area (Å²) < 4.78 is 12.7. The molecule has 0 amide bonds. The highest BCUT2D eigenvalue weighted by atomic mass is 16.6. The first-order valence-electron chi connectivity index (χ1n) is 12.4. The lowest BCUT2D eigenvalue weighted by Crippen LogP contribution is -2.44. The lowest BCUT2D eigenvalue weighted by Gasteiger charge is -2.40. The Morgan fingerprint density at radius 1 is 1.06 bits per heavy atom. The van der Waals surface area contributed by atoms with Crippen LogP contribution in [-0.4, -0.2) is 28.9 Å². The monoisotopic (exact) mass is 426 g/mol. The van der Waals surface area contributed by atoms with Crippen molar-refractivity contribution in [3.8, 4) is 0 Å². The van der Waals surface area contributed by atoms with Crippen LogP contribution >= 0.6 is 0 Å². The van der Waals surface area contributed by atoms with Gasteiger partial charge in [0.15, 0.2) is 0 Å². The van der Waals surface area contributed by atoms with E-state index in [0.29, 0.717) is 17.9 Å². The number of hydrogen-bond donors (Lipinski definition) is 1. The van der Waals surface area contributed by atoms with E-state index in [-0.39, 0.29) is 23.9 Å². The molecule has 0 spiro atoms. The molecule has 1 aliphatic heterocycles. The van der Waals surface area contributed by atoms with Crippen molar-refractivity contribution in [3.05, 3.63) is 47.2 Å². The topological polar surface area (TPSA) is 55.8 Å². The number of carbonyl (C=O) groups is 1. The minimum atomic E-state index is -0.622. The standard InChI is InChI=1S/C27H38O4/c1-2-17-27(18-16-20-10-4-3-5-11-20)19-23(28)24(26(29)31-27)25(21-12-6-7-13-21)30-22-14-8-9-15-22/h3-5,10-11,21-22,25,28H,2,6-9,12-19H2,1H3. The summed E-state index contributed by atoms with van der Waals surface area (Å²) in [6, 6.07) is 10.3. The van der Waals surface area contributed by atoms with Crippen LogP contribution in [0.3, 0.4) is 0 Å². The second-order valence-corrected chi connectivity index (χ2v) is 9.85. The van der Waals surface area contributed by atoms with Gasteiger partial charge in [0, 0.05) is 6.42 Å². The molecule has 0 aromatic heterocycles. The summed E-state index contributed by atoms with van der Waals surface area (Å²) in [5.74, 6) is 0.182. The molecule has 3 aliphatic rings. The van der Waals surface area contributed by atoms with Gasteiger partial charge in [0.05, 0.1) is 12.2 Å². The maximum Gasteiger partial charge on any atom is 0.340 e. The number of aliphatic hydroxyl groups is 1. The molecule has 2 aliphatic carbocycles. The third-order valence-corrected chi connectivity index (χ3v) is 7.50. The van der Waals surface area contributed by atoms with E-state index in [2.05, 4.69) is 19.1 Å². The average molecular weight is 427 g/mol. The van der Waals surface area contributed by atoms with Crippen LogP contribution in [-0.2, 0) is 20.7 Å². The van der Waals surface area contributed by atoms with E-state index in [1.165, 1.54) is 31.2 Å². The van der Waals surface area contributed by atoms with E-state index < -0.39 is 5.60 Å². The molecule has 2 atom stereocenters. The summed E-state index contributed by atoms with van der Waals surface area (Å²) >= 11 is 0. The fourth-order valence-corrected chi connectivity index (χ4v) is 5.87. The van der Waals surface area contributed by atoms with E-state index in [4.69, 9.17) is 9.47 Å². The third kappa shape index (κ3) is 5.34. The number of hydrogen-bond acceptors (Lipinski definition) is 4. The number of aliphatic hydroxyl groups excluding tert-OH is 1. The molecule has 0 bridgehead atoms. The van der Waals surface area contributed by atoms with Crippen LogP contribution in [0.5, 0.6) is 0 Å². The quantitative estimate of drug-likeness (QED) is 0.462. The van der Waals surface area contributed by atoms with Crippen molar-refractivity contribution >= 4 is 5.97 Å². The van der Waals surface area contributed by atoms with Crippen LogP contribution in [0, 0.1) is 5.92 Å². The molecule has 4 nitrogen and oxygen atoms in total. The molecular formula is C27H38O4. The van der Waals surface area contributed by atoms with Gasteiger partial charge in [-0.25, -0.2) is 4.79 Å². The first-order valence-corrected chi connectivity index (χ1v) is 12.4. The van der Waals surface area contributed by atoms with Gasteiger partial charge in [-0.15, -0.1) is 0 Å². The summed E-state index contributed by atoms with van der Waals surface area (Å²) in [6.07, 6.45) is 12.5. The Hall–Kier alpha value is -1.81. The Morgan fingerprint density at radius 2 is 1.74 bits per heavy atom. The van der Waals surface area contributed by atoms with Crippen molar-refractivity contribution in [1.29, 1.82) is 0 Å². The first-order chi connectivity index (χ1) is 15.1. The maximum atomic E-state index is 13.4. The number of ether oxygens (including phenoxy) is 2. The zero-order valence-electron chi connectivity index (χ0n) is 19.0. The molecule has 2 saturated carbocycles. The zero-order valence-corrected chi connectivity index (χ0v) is 19.0. The molecule has 4 rings (SSSR count). The summed E-state index contributed by atoms with van der Waals surface area (Å²) in [5.41, 5.74) is 1.03. The van der Waals surface area contributed by atoms with Crippen LogP contribution < -0.4 is 0 Å². The summed E-state index contributed by atoms with van der Waals surface area (Å²) in [5, 5.41) is 11.2. The highest BCUT2D eigenvalue weighted by molar-refractivity contribution is 5.91. The van der Waals surface area contributed by atoms with Gasteiger partial charge in [0.1, 0.15) is 16.9 Å². The van der Waals surface area contributed by atoms with Crippen LogP contribution in [0.1, 0.15) is 89.5 Å². The fraction of sp³-hybridized carbons (Fsp3) is 0.667. The molecule has 1 aromatic rings. The van der Waals surface area contributed by atoms with Gasteiger partial charge in [0.2, 0.25) is 0 Å². The number of aryl methyl sites for hydroxylation is 1. The fourth-order valence-electron chi connectivity index (χ4n) is 5.87. The van der Waals surface area contributed by atoms with Gasteiger partial charge < -0.3 is 14.6 Å². The molecule has 170 valence electrons. The van der Waals surface area contributed by atoms with E-state index >= 15 is 0 Å². The van der Waals surface area contributed by atoms with Crippen LogP contribution in [0.25, 0.3) is 0 Å². The zero-order chi connectivity index (χ0) is 21.7. The molecule has 1 aromatic carbocycles. The van der Waals surface area contributed by atoms with Crippen LogP contribution in [0.2, 0.25) is 0 Å². The Bertz CT molecular complexity index is 759. The van der Waals surface area contributed by atoms with Gasteiger partial charge in [-0.1, -0.05) is 69.4 Å². The normalized spacial score (nSPS) is 26.4. The van der Waals surface area contributed by atoms with Gasteiger partial charge in [-0.3, -0.25) is 0 Å². The first kappa shape index (κ1) is 22.4. The Labute approximate surface area is 187 Å².